The number of rotatable bonds is 4. The molecule has 1 aromatic heterocycles. The number of aryl methyl sites for hydroxylation is 3. The molecule has 3 aromatic rings. The zero-order valence-electron chi connectivity index (χ0n) is 15.7. The van der Waals surface area contributed by atoms with Gasteiger partial charge in [-0.3, -0.25) is 9.48 Å². The van der Waals surface area contributed by atoms with E-state index in [1.54, 1.807) is 6.07 Å². The van der Waals surface area contributed by atoms with Crippen molar-refractivity contribution in [3.05, 3.63) is 80.1 Å². The van der Waals surface area contributed by atoms with E-state index in [-0.39, 0.29) is 5.91 Å². The number of anilines is 1. The van der Waals surface area contributed by atoms with E-state index in [2.05, 4.69) is 10.4 Å². The van der Waals surface area contributed by atoms with E-state index >= 15 is 0 Å². The summed E-state index contributed by atoms with van der Waals surface area (Å²) in [5.74, 6) is -0.128. The topological polar surface area (TPSA) is 46.9 Å². The third kappa shape index (κ3) is 4.18. The van der Waals surface area contributed by atoms with Crippen LogP contribution in [-0.2, 0) is 6.54 Å². The molecule has 0 unspecified atom stereocenters. The van der Waals surface area contributed by atoms with Gasteiger partial charge in [-0.05, 0) is 57.0 Å². The van der Waals surface area contributed by atoms with Crippen LogP contribution in [0.5, 0.6) is 0 Å². The molecule has 4 nitrogen and oxygen atoms in total. The van der Waals surface area contributed by atoms with Crippen LogP contribution in [0.15, 0.2) is 36.4 Å². The number of nitrogens with zero attached hydrogens (tertiary/aromatic N) is 2. The van der Waals surface area contributed by atoms with Crippen LogP contribution in [0.25, 0.3) is 0 Å². The van der Waals surface area contributed by atoms with Crippen LogP contribution in [0.1, 0.15) is 38.4 Å². The van der Waals surface area contributed by atoms with Gasteiger partial charge in [0.15, 0.2) is 0 Å². The molecule has 0 atom stereocenters. The van der Waals surface area contributed by atoms with Gasteiger partial charge in [0.1, 0.15) is 0 Å². The van der Waals surface area contributed by atoms with Gasteiger partial charge >= 0.3 is 0 Å². The zero-order valence-corrected chi connectivity index (χ0v) is 17.2. The van der Waals surface area contributed by atoms with Crippen molar-refractivity contribution < 1.29 is 4.79 Å². The number of nitrogens with one attached hydrogen (secondary N) is 1. The molecule has 0 bridgehead atoms. The smallest absolute Gasteiger partial charge is 0.256 e. The summed E-state index contributed by atoms with van der Waals surface area (Å²) in [4.78, 5) is 12.8. The van der Waals surface area contributed by atoms with E-state index in [4.69, 9.17) is 23.2 Å². The third-order valence-corrected chi connectivity index (χ3v) is 5.31. The van der Waals surface area contributed by atoms with Crippen molar-refractivity contribution in [3.8, 4) is 0 Å². The molecule has 0 saturated heterocycles. The summed E-state index contributed by atoms with van der Waals surface area (Å²) < 4.78 is 1.85. The minimum atomic E-state index is -0.128. The molecule has 0 fully saturated rings. The molecule has 2 aromatic carbocycles. The number of amides is 1. The van der Waals surface area contributed by atoms with Crippen LogP contribution in [0.3, 0.4) is 0 Å². The standard InChI is InChI=1S/C21H21Cl2N3O/c1-12-5-6-13(2)17(9-12)21(27)24-20-14(3)25-26(15(20)4)11-16-7-8-18(22)19(23)10-16/h5-10H,11H2,1-4H3,(H,24,27). The van der Waals surface area contributed by atoms with Crippen molar-refractivity contribution in [2.24, 2.45) is 0 Å². The lowest BCUT2D eigenvalue weighted by atomic mass is 10.0. The van der Waals surface area contributed by atoms with Gasteiger partial charge in [-0.2, -0.15) is 5.10 Å². The normalized spacial score (nSPS) is 10.9. The molecule has 0 aliphatic carbocycles. The quantitative estimate of drug-likeness (QED) is 0.606. The fourth-order valence-electron chi connectivity index (χ4n) is 3.00. The van der Waals surface area contributed by atoms with E-state index < -0.39 is 0 Å². The predicted octanol–water partition coefficient (Wildman–Crippen LogP) is 5.72. The lowest BCUT2D eigenvalue weighted by molar-refractivity contribution is 0.102. The average Bonchev–Trinajstić information content (AvgIpc) is 2.87. The maximum atomic E-state index is 12.8. The van der Waals surface area contributed by atoms with Crippen LogP contribution >= 0.6 is 23.2 Å². The molecule has 0 aliphatic heterocycles. The molecule has 1 heterocycles. The van der Waals surface area contributed by atoms with Gasteiger partial charge in [0.05, 0.1) is 33.7 Å². The number of carbonyl (C=O) groups excluding carboxylic acids is 1. The highest BCUT2D eigenvalue weighted by Gasteiger charge is 2.17. The van der Waals surface area contributed by atoms with Crippen LogP contribution in [-0.4, -0.2) is 15.7 Å². The Balaban J connectivity index is 1.86. The fraction of sp³-hybridized carbons (Fsp3) is 0.238. The molecule has 0 saturated carbocycles. The van der Waals surface area contributed by atoms with E-state index in [1.807, 2.05) is 62.7 Å². The lowest BCUT2D eigenvalue weighted by Crippen LogP contribution is -2.15. The molecule has 1 amide bonds. The van der Waals surface area contributed by atoms with Gasteiger partial charge in [0.25, 0.3) is 5.91 Å². The van der Waals surface area contributed by atoms with Crippen LogP contribution in [0, 0.1) is 27.7 Å². The van der Waals surface area contributed by atoms with Gasteiger partial charge in [-0.15, -0.1) is 0 Å². The number of hydrogen-bond donors (Lipinski definition) is 1. The molecule has 27 heavy (non-hydrogen) atoms. The summed E-state index contributed by atoms with van der Waals surface area (Å²) in [6.45, 7) is 8.28. The average molecular weight is 402 g/mol. The van der Waals surface area contributed by atoms with E-state index in [0.29, 0.717) is 22.2 Å². The third-order valence-electron chi connectivity index (χ3n) is 4.57. The van der Waals surface area contributed by atoms with Gasteiger partial charge in [-0.1, -0.05) is 47.0 Å². The molecule has 0 aliphatic rings. The maximum absolute atomic E-state index is 12.8. The zero-order chi connectivity index (χ0) is 19.7. The number of benzene rings is 2. The predicted molar refractivity (Wildman–Crippen MR) is 111 cm³/mol. The highest BCUT2D eigenvalue weighted by molar-refractivity contribution is 6.42. The number of hydrogen-bond acceptors (Lipinski definition) is 2. The summed E-state index contributed by atoms with van der Waals surface area (Å²) in [5, 5.41) is 8.63. The second-order valence-corrected chi connectivity index (χ2v) is 7.54. The number of halogens is 2. The first-order chi connectivity index (χ1) is 12.8. The largest absolute Gasteiger partial charge is 0.319 e. The summed E-state index contributed by atoms with van der Waals surface area (Å²) in [6.07, 6.45) is 0. The minimum absolute atomic E-state index is 0.128. The molecule has 0 radical (unpaired) electrons. The fourth-order valence-corrected chi connectivity index (χ4v) is 3.32. The molecule has 3 rings (SSSR count). The van der Waals surface area contributed by atoms with Crippen molar-refractivity contribution >= 4 is 34.8 Å². The van der Waals surface area contributed by atoms with Crippen molar-refractivity contribution in [1.29, 1.82) is 0 Å². The van der Waals surface area contributed by atoms with E-state index in [9.17, 15) is 4.79 Å². The van der Waals surface area contributed by atoms with Gasteiger partial charge in [0.2, 0.25) is 0 Å². The molecule has 0 spiro atoms. The van der Waals surface area contributed by atoms with Crippen LogP contribution in [0.2, 0.25) is 10.0 Å². The van der Waals surface area contributed by atoms with Gasteiger partial charge < -0.3 is 5.32 Å². The Hall–Kier alpha value is -2.30. The highest BCUT2D eigenvalue weighted by atomic mass is 35.5. The molecular weight excluding hydrogens is 381 g/mol. The second kappa shape index (κ2) is 7.75. The Labute approximate surface area is 169 Å². The lowest BCUT2D eigenvalue weighted by Gasteiger charge is -2.10. The molecule has 1 N–H and O–H groups in total. The Kier molecular flexibility index (Phi) is 5.59. The summed E-state index contributed by atoms with van der Waals surface area (Å²) in [5.41, 5.74) is 6.05. The highest BCUT2D eigenvalue weighted by Crippen LogP contribution is 2.25. The first kappa shape index (κ1) is 19.5. The summed E-state index contributed by atoms with van der Waals surface area (Å²) in [7, 11) is 0. The van der Waals surface area contributed by atoms with Crippen LogP contribution in [0.4, 0.5) is 5.69 Å². The Morgan fingerprint density at radius 2 is 1.78 bits per heavy atom. The van der Waals surface area contributed by atoms with Crippen molar-refractivity contribution in [3.63, 3.8) is 0 Å². The monoisotopic (exact) mass is 401 g/mol. The van der Waals surface area contributed by atoms with E-state index in [1.165, 1.54) is 0 Å². The van der Waals surface area contributed by atoms with Crippen molar-refractivity contribution in [2.45, 2.75) is 34.2 Å². The SMILES string of the molecule is Cc1ccc(C)c(C(=O)Nc2c(C)nn(Cc3ccc(Cl)c(Cl)c3)c2C)c1. The van der Waals surface area contributed by atoms with E-state index in [0.717, 1.165) is 33.8 Å². The number of carbonyl (C=O) groups is 1. The first-order valence-corrected chi connectivity index (χ1v) is 9.38. The van der Waals surface area contributed by atoms with Crippen LogP contribution < -0.4 is 5.32 Å². The Morgan fingerprint density at radius 1 is 1.04 bits per heavy atom. The summed E-state index contributed by atoms with van der Waals surface area (Å²) in [6, 6.07) is 11.4. The van der Waals surface area contributed by atoms with Crippen molar-refractivity contribution in [2.75, 3.05) is 5.32 Å². The molecular formula is C21H21Cl2N3O. The van der Waals surface area contributed by atoms with Gasteiger partial charge in [0, 0.05) is 5.56 Å². The minimum Gasteiger partial charge on any atom is -0.319 e. The summed E-state index contributed by atoms with van der Waals surface area (Å²) >= 11 is 12.1. The Bertz CT molecular complexity index is 1020. The molecule has 140 valence electrons. The first-order valence-electron chi connectivity index (χ1n) is 8.63. The second-order valence-electron chi connectivity index (χ2n) is 6.72. The number of aromatic nitrogens is 2. The molecule has 6 heteroatoms. The Morgan fingerprint density at radius 3 is 2.48 bits per heavy atom. The van der Waals surface area contributed by atoms with Crippen molar-refractivity contribution in [1.82, 2.24) is 9.78 Å². The maximum Gasteiger partial charge on any atom is 0.256 e. The van der Waals surface area contributed by atoms with Gasteiger partial charge in [-0.25, -0.2) is 0 Å².